The minimum absolute atomic E-state index is 0.0302. The summed E-state index contributed by atoms with van der Waals surface area (Å²) in [5.74, 6) is 1.78. The highest BCUT2D eigenvalue weighted by atomic mass is 16.5. The Morgan fingerprint density at radius 1 is 1.40 bits per heavy atom. The Morgan fingerprint density at radius 3 is 3.08 bits per heavy atom. The molecule has 4 rings (SSSR count). The highest BCUT2D eigenvalue weighted by molar-refractivity contribution is 5.92. The Hall–Kier alpha value is -2.18. The average molecular weight is 341 g/mol. The molecule has 6 heteroatoms. The summed E-state index contributed by atoms with van der Waals surface area (Å²) in [6, 6.07) is 8.03. The number of furan rings is 1. The number of ether oxygens (including phenoxy) is 1. The van der Waals surface area contributed by atoms with Crippen LogP contribution in [0.4, 0.5) is 5.69 Å². The second kappa shape index (κ2) is 6.98. The summed E-state index contributed by atoms with van der Waals surface area (Å²) in [5, 5.41) is 2.97. The molecule has 25 heavy (non-hydrogen) atoms. The quantitative estimate of drug-likeness (QED) is 0.926. The Kier molecular flexibility index (Phi) is 4.55. The van der Waals surface area contributed by atoms with Crippen molar-refractivity contribution < 1.29 is 13.9 Å². The van der Waals surface area contributed by atoms with Crippen LogP contribution >= 0.6 is 0 Å². The fraction of sp³-hybridized carbons (Fsp3) is 0.474. The van der Waals surface area contributed by atoms with Gasteiger partial charge in [0.05, 0.1) is 30.5 Å². The van der Waals surface area contributed by atoms with E-state index in [2.05, 4.69) is 15.2 Å². The number of carbonyl (C=O) groups is 1. The first-order valence-corrected chi connectivity index (χ1v) is 8.81. The van der Waals surface area contributed by atoms with E-state index in [0.29, 0.717) is 6.04 Å². The first-order valence-electron chi connectivity index (χ1n) is 8.81. The molecule has 132 valence electrons. The molecule has 0 bridgehead atoms. The van der Waals surface area contributed by atoms with Gasteiger partial charge in [0.1, 0.15) is 11.5 Å². The molecule has 1 amide bonds. The highest BCUT2D eigenvalue weighted by Gasteiger charge is 2.42. The van der Waals surface area contributed by atoms with Gasteiger partial charge in [-0.05, 0) is 44.0 Å². The van der Waals surface area contributed by atoms with Crippen molar-refractivity contribution in [2.24, 2.45) is 5.92 Å². The molecule has 0 radical (unpaired) electrons. The Bertz CT molecular complexity index is 731. The van der Waals surface area contributed by atoms with E-state index in [4.69, 9.17) is 9.15 Å². The maximum Gasteiger partial charge on any atom is 0.228 e. The van der Waals surface area contributed by atoms with Crippen molar-refractivity contribution in [1.29, 1.82) is 0 Å². The number of pyridine rings is 1. The van der Waals surface area contributed by atoms with Gasteiger partial charge in [0.25, 0.3) is 0 Å². The van der Waals surface area contributed by atoms with Gasteiger partial charge < -0.3 is 14.5 Å². The van der Waals surface area contributed by atoms with Crippen molar-refractivity contribution in [3.05, 3.63) is 48.2 Å². The molecule has 2 fully saturated rings. The van der Waals surface area contributed by atoms with Crippen LogP contribution in [0.1, 0.15) is 24.4 Å². The van der Waals surface area contributed by atoms with Gasteiger partial charge in [-0.3, -0.25) is 14.7 Å². The third-order valence-corrected chi connectivity index (χ3v) is 5.07. The molecule has 3 atom stereocenters. The van der Waals surface area contributed by atoms with Crippen molar-refractivity contribution in [3.63, 3.8) is 0 Å². The lowest BCUT2D eigenvalue weighted by atomic mass is 9.89. The van der Waals surface area contributed by atoms with Crippen molar-refractivity contribution in [3.8, 4) is 0 Å². The molecule has 4 heterocycles. The van der Waals surface area contributed by atoms with Crippen LogP contribution in [0.3, 0.4) is 0 Å². The second-order valence-electron chi connectivity index (χ2n) is 6.87. The number of hydrogen-bond acceptors (Lipinski definition) is 5. The molecule has 0 spiro atoms. The number of fused-ring (bicyclic) bond motifs is 1. The van der Waals surface area contributed by atoms with E-state index in [1.807, 2.05) is 31.2 Å². The number of hydrogen-bond donors (Lipinski definition) is 1. The second-order valence-corrected chi connectivity index (χ2v) is 6.87. The number of carbonyl (C=O) groups excluding carboxylic acids is 1. The fourth-order valence-corrected chi connectivity index (χ4v) is 3.88. The minimum Gasteiger partial charge on any atom is -0.465 e. The third-order valence-electron chi connectivity index (χ3n) is 5.07. The van der Waals surface area contributed by atoms with Gasteiger partial charge in [0, 0.05) is 25.4 Å². The molecule has 2 saturated heterocycles. The number of rotatable bonds is 4. The molecule has 0 saturated carbocycles. The lowest BCUT2D eigenvalue weighted by Gasteiger charge is -2.39. The number of amides is 1. The maximum atomic E-state index is 12.7. The van der Waals surface area contributed by atoms with Crippen LogP contribution in [0, 0.1) is 12.8 Å². The van der Waals surface area contributed by atoms with E-state index < -0.39 is 0 Å². The number of likely N-dealkylation sites (tertiary alicyclic amines) is 1. The lowest BCUT2D eigenvalue weighted by molar-refractivity contribution is -0.124. The van der Waals surface area contributed by atoms with Crippen LogP contribution in [0.5, 0.6) is 0 Å². The molecule has 0 aliphatic carbocycles. The Morgan fingerprint density at radius 2 is 2.32 bits per heavy atom. The predicted molar refractivity (Wildman–Crippen MR) is 93.0 cm³/mol. The van der Waals surface area contributed by atoms with Gasteiger partial charge in [-0.25, -0.2) is 0 Å². The standard InChI is InChI=1S/C19H23N3O3/c1-13-4-5-16(25-13)12-22-11-14(9-18-17(22)6-8-24-18)19(23)21-15-3-2-7-20-10-15/h2-5,7,10,14,17-18H,6,8-9,11-12H2,1H3,(H,21,23)/t14-,17-,18-/m1/s1. The monoisotopic (exact) mass is 341 g/mol. The van der Waals surface area contributed by atoms with Crippen LogP contribution in [0.2, 0.25) is 0 Å². The van der Waals surface area contributed by atoms with Crippen LogP contribution in [-0.2, 0) is 16.1 Å². The molecule has 2 aromatic rings. The molecule has 2 aliphatic rings. The molecule has 2 aromatic heterocycles. The number of nitrogens with zero attached hydrogens (tertiary/aromatic N) is 2. The number of aryl methyl sites for hydroxylation is 1. The molecule has 6 nitrogen and oxygen atoms in total. The van der Waals surface area contributed by atoms with Gasteiger partial charge in [-0.2, -0.15) is 0 Å². The number of piperidine rings is 1. The highest BCUT2D eigenvalue weighted by Crippen LogP contribution is 2.33. The van der Waals surface area contributed by atoms with Crippen LogP contribution < -0.4 is 5.32 Å². The molecule has 0 unspecified atom stereocenters. The lowest BCUT2D eigenvalue weighted by Crippen LogP contribution is -2.51. The van der Waals surface area contributed by atoms with Gasteiger partial charge >= 0.3 is 0 Å². The number of nitrogens with one attached hydrogen (secondary N) is 1. The Labute approximate surface area is 147 Å². The topological polar surface area (TPSA) is 67.6 Å². The summed E-state index contributed by atoms with van der Waals surface area (Å²) in [6.07, 6.45) is 5.26. The molecular formula is C19H23N3O3. The summed E-state index contributed by atoms with van der Waals surface area (Å²) in [5.41, 5.74) is 0.732. The third kappa shape index (κ3) is 3.60. The first-order chi connectivity index (χ1) is 12.2. The Balaban J connectivity index is 1.46. The van der Waals surface area contributed by atoms with E-state index in [-0.39, 0.29) is 17.9 Å². The zero-order chi connectivity index (χ0) is 17.2. The number of aromatic nitrogens is 1. The van der Waals surface area contributed by atoms with Crippen molar-refractivity contribution >= 4 is 11.6 Å². The summed E-state index contributed by atoms with van der Waals surface area (Å²) in [7, 11) is 0. The zero-order valence-electron chi connectivity index (χ0n) is 14.4. The van der Waals surface area contributed by atoms with E-state index >= 15 is 0 Å². The molecule has 0 aromatic carbocycles. The van der Waals surface area contributed by atoms with Gasteiger partial charge in [0.15, 0.2) is 0 Å². The van der Waals surface area contributed by atoms with Crippen LogP contribution in [-0.4, -0.2) is 41.1 Å². The van der Waals surface area contributed by atoms with E-state index in [9.17, 15) is 4.79 Å². The first kappa shape index (κ1) is 16.3. The number of anilines is 1. The molecule has 2 aliphatic heterocycles. The van der Waals surface area contributed by atoms with Gasteiger partial charge in [-0.1, -0.05) is 0 Å². The molecular weight excluding hydrogens is 318 g/mol. The molecule has 1 N–H and O–H groups in total. The van der Waals surface area contributed by atoms with Crippen molar-refractivity contribution in [1.82, 2.24) is 9.88 Å². The van der Waals surface area contributed by atoms with Crippen LogP contribution in [0.25, 0.3) is 0 Å². The predicted octanol–water partition coefficient (Wildman–Crippen LogP) is 2.60. The maximum absolute atomic E-state index is 12.7. The minimum atomic E-state index is -0.101. The summed E-state index contributed by atoms with van der Waals surface area (Å²) < 4.78 is 11.6. The van der Waals surface area contributed by atoms with E-state index in [1.54, 1.807) is 12.4 Å². The average Bonchev–Trinajstić information content (AvgIpc) is 3.24. The van der Waals surface area contributed by atoms with Crippen LogP contribution in [0.15, 0.2) is 41.1 Å². The van der Waals surface area contributed by atoms with Gasteiger partial charge in [-0.15, -0.1) is 0 Å². The van der Waals surface area contributed by atoms with Crippen molar-refractivity contribution in [2.45, 2.75) is 38.5 Å². The largest absolute Gasteiger partial charge is 0.465 e. The fourth-order valence-electron chi connectivity index (χ4n) is 3.88. The van der Waals surface area contributed by atoms with Gasteiger partial charge in [0.2, 0.25) is 5.91 Å². The zero-order valence-corrected chi connectivity index (χ0v) is 14.4. The SMILES string of the molecule is Cc1ccc(CN2C[C@H](C(=O)Nc3cccnc3)C[C@H]3OCC[C@H]32)o1. The smallest absolute Gasteiger partial charge is 0.228 e. The summed E-state index contributed by atoms with van der Waals surface area (Å²) in [4.78, 5) is 19.1. The summed E-state index contributed by atoms with van der Waals surface area (Å²) in [6.45, 7) is 4.15. The normalized spacial score (nSPS) is 26.4. The summed E-state index contributed by atoms with van der Waals surface area (Å²) >= 11 is 0. The van der Waals surface area contributed by atoms with Crippen molar-refractivity contribution in [2.75, 3.05) is 18.5 Å². The van der Waals surface area contributed by atoms with E-state index in [1.165, 1.54) is 0 Å². The van der Waals surface area contributed by atoms with E-state index in [0.717, 1.165) is 49.7 Å².